The van der Waals surface area contributed by atoms with Crippen molar-refractivity contribution in [2.24, 2.45) is 0 Å². The number of benzene rings is 1. The molecule has 0 atom stereocenters. The number of nitrogens with zero attached hydrogens (tertiary/aromatic N) is 2. The van der Waals surface area contributed by atoms with E-state index in [1.54, 1.807) is 60.9 Å². The lowest BCUT2D eigenvalue weighted by molar-refractivity contribution is -0.149. The highest BCUT2D eigenvalue weighted by Gasteiger charge is 2.17. The van der Waals surface area contributed by atoms with Crippen LogP contribution in [0.4, 0.5) is 0 Å². The molecule has 2 heterocycles. The van der Waals surface area contributed by atoms with E-state index < -0.39 is 5.97 Å². The van der Waals surface area contributed by atoms with Crippen LogP contribution in [-0.4, -0.2) is 15.9 Å². The van der Waals surface area contributed by atoms with Gasteiger partial charge in [0.05, 0.1) is 0 Å². The smallest absolute Gasteiger partial charge is 0.287 e. The third kappa shape index (κ3) is 3.09. The Morgan fingerprint density at radius 1 is 0.864 bits per heavy atom. The molecule has 0 radical (unpaired) electrons. The van der Waals surface area contributed by atoms with Crippen molar-refractivity contribution in [1.29, 1.82) is 0 Å². The maximum absolute atomic E-state index is 12.2. The van der Waals surface area contributed by atoms with Crippen molar-refractivity contribution in [3.05, 3.63) is 78.9 Å². The number of rotatable bonds is 4. The fraction of sp³-hybridized carbons (Fsp3) is 0. The highest BCUT2D eigenvalue weighted by atomic mass is 17.2. The van der Waals surface area contributed by atoms with E-state index in [0.717, 1.165) is 5.56 Å². The van der Waals surface area contributed by atoms with Gasteiger partial charge in [-0.25, -0.2) is 14.7 Å². The molecule has 22 heavy (non-hydrogen) atoms. The number of aromatic nitrogens is 2. The summed E-state index contributed by atoms with van der Waals surface area (Å²) in [6.07, 6.45) is 4.83. The van der Waals surface area contributed by atoms with Gasteiger partial charge in [-0.15, -0.1) is 0 Å². The van der Waals surface area contributed by atoms with Crippen LogP contribution in [-0.2, 0) is 4.89 Å². The van der Waals surface area contributed by atoms with Crippen molar-refractivity contribution in [3.63, 3.8) is 0 Å². The van der Waals surface area contributed by atoms with Gasteiger partial charge in [-0.3, -0.25) is 9.87 Å². The van der Waals surface area contributed by atoms with Crippen molar-refractivity contribution in [2.75, 3.05) is 0 Å². The zero-order valence-electron chi connectivity index (χ0n) is 11.5. The maximum Gasteiger partial charge on any atom is 0.404 e. The molecule has 0 saturated heterocycles. The van der Waals surface area contributed by atoms with Gasteiger partial charge in [0, 0.05) is 24.2 Å². The van der Waals surface area contributed by atoms with Crippen molar-refractivity contribution in [3.8, 4) is 16.9 Å². The van der Waals surface area contributed by atoms with E-state index in [1.165, 1.54) is 6.20 Å². The lowest BCUT2D eigenvalue weighted by atomic mass is 10.1. The fourth-order valence-corrected chi connectivity index (χ4v) is 1.93. The van der Waals surface area contributed by atoms with E-state index in [4.69, 9.17) is 9.78 Å². The van der Waals surface area contributed by atoms with Crippen LogP contribution in [0.25, 0.3) is 11.1 Å². The van der Waals surface area contributed by atoms with E-state index in [1.807, 2.05) is 6.07 Å². The second-order valence-corrected chi connectivity index (χ2v) is 4.40. The Morgan fingerprint density at radius 2 is 1.64 bits per heavy atom. The average Bonchev–Trinajstić information content (AvgIpc) is 2.61. The standard InChI is InChI=1S/C17H12N2O3/c20-17(22-21-14-5-2-1-3-6-14)16-15(7-4-10-19-16)13-8-11-18-12-9-13/h1-12H. The van der Waals surface area contributed by atoms with Gasteiger partial charge in [0.2, 0.25) is 0 Å². The zero-order valence-corrected chi connectivity index (χ0v) is 11.5. The van der Waals surface area contributed by atoms with Crippen LogP contribution in [0.3, 0.4) is 0 Å². The fourth-order valence-electron chi connectivity index (χ4n) is 1.93. The molecule has 0 aliphatic heterocycles. The normalized spacial score (nSPS) is 10.0. The largest absolute Gasteiger partial charge is 0.404 e. The molecule has 0 unspecified atom stereocenters. The molecule has 0 bridgehead atoms. The van der Waals surface area contributed by atoms with Gasteiger partial charge in [-0.1, -0.05) is 24.3 Å². The number of carbonyl (C=O) groups is 1. The molecule has 0 aliphatic carbocycles. The lowest BCUT2D eigenvalue weighted by Crippen LogP contribution is -2.11. The monoisotopic (exact) mass is 292 g/mol. The van der Waals surface area contributed by atoms with Crippen molar-refractivity contribution in [1.82, 2.24) is 9.97 Å². The molecule has 0 spiro atoms. The van der Waals surface area contributed by atoms with Crippen LogP contribution in [0.2, 0.25) is 0 Å². The summed E-state index contributed by atoms with van der Waals surface area (Å²) in [5.74, 6) is -0.214. The Hall–Kier alpha value is -3.21. The summed E-state index contributed by atoms with van der Waals surface area (Å²) in [6, 6.07) is 15.9. The van der Waals surface area contributed by atoms with E-state index >= 15 is 0 Å². The summed E-state index contributed by atoms with van der Waals surface area (Å²) in [6.45, 7) is 0. The molecule has 3 aromatic rings. The van der Waals surface area contributed by atoms with Crippen LogP contribution >= 0.6 is 0 Å². The Balaban J connectivity index is 1.81. The summed E-state index contributed by atoms with van der Waals surface area (Å²) in [5, 5.41) is 0. The van der Waals surface area contributed by atoms with Gasteiger partial charge in [-0.2, -0.15) is 0 Å². The molecule has 0 amide bonds. The molecular formula is C17H12N2O3. The lowest BCUT2D eigenvalue weighted by Gasteiger charge is -2.08. The quantitative estimate of drug-likeness (QED) is 0.545. The maximum atomic E-state index is 12.2. The highest BCUT2D eigenvalue weighted by molar-refractivity contribution is 5.94. The molecule has 2 aromatic heterocycles. The molecule has 5 nitrogen and oxygen atoms in total. The summed E-state index contributed by atoms with van der Waals surface area (Å²) >= 11 is 0. The van der Waals surface area contributed by atoms with Crippen LogP contribution in [0.1, 0.15) is 10.5 Å². The first-order valence-electron chi connectivity index (χ1n) is 6.64. The van der Waals surface area contributed by atoms with E-state index in [9.17, 15) is 4.79 Å². The Kier molecular flexibility index (Phi) is 4.06. The van der Waals surface area contributed by atoms with Crippen LogP contribution in [0, 0.1) is 0 Å². The summed E-state index contributed by atoms with van der Waals surface area (Å²) in [4.78, 5) is 30.1. The number of hydrogen-bond acceptors (Lipinski definition) is 5. The Labute approximate surface area is 127 Å². The van der Waals surface area contributed by atoms with Gasteiger partial charge < -0.3 is 0 Å². The highest BCUT2D eigenvalue weighted by Crippen LogP contribution is 2.22. The van der Waals surface area contributed by atoms with Crippen LogP contribution < -0.4 is 4.89 Å². The van der Waals surface area contributed by atoms with Gasteiger partial charge >= 0.3 is 5.97 Å². The van der Waals surface area contributed by atoms with Gasteiger partial charge in [0.15, 0.2) is 11.4 Å². The van der Waals surface area contributed by atoms with Crippen molar-refractivity contribution >= 4 is 5.97 Å². The van der Waals surface area contributed by atoms with Gasteiger partial charge in [0.25, 0.3) is 0 Å². The minimum atomic E-state index is -0.656. The molecule has 0 fully saturated rings. The second-order valence-electron chi connectivity index (χ2n) is 4.40. The molecule has 3 rings (SSSR count). The first-order valence-corrected chi connectivity index (χ1v) is 6.64. The third-order valence-corrected chi connectivity index (χ3v) is 2.95. The number of para-hydroxylation sites is 1. The average molecular weight is 292 g/mol. The Morgan fingerprint density at radius 3 is 2.41 bits per heavy atom. The van der Waals surface area contributed by atoms with Crippen molar-refractivity contribution < 1.29 is 14.6 Å². The minimum absolute atomic E-state index is 0.185. The minimum Gasteiger partial charge on any atom is -0.287 e. The Bertz CT molecular complexity index is 761. The first kappa shape index (κ1) is 13.8. The van der Waals surface area contributed by atoms with E-state index in [0.29, 0.717) is 11.3 Å². The number of pyridine rings is 2. The number of carbonyl (C=O) groups excluding carboxylic acids is 1. The molecule has 1 aromatic carbocycles. The molecule has 0 saturated carbocycles. The molecule has 0 aliphatic rings. The van der Waals surface area contributed by atoms with Crippen LogP contribution in [0.5, 0.6) is 5.75 Å². The molecule has 5 heteroatoms. The van der Waals surface area contributed by atoms with Crippen molar-refractivity contribution in [2.45, 2.75) is 0 Å². The predicted octanol–water partition coefficient (Wildman–Crippen LogP) is 3.29. The third-order valence-electron chi connectivity index (χ3n) is 2.95. The zero-order chi connectivity index (χ0) is 15.2. The summed E-state index contributed by atoms with van der Waals surface area (Å²) < 4.78 is 0. The topological polar surface area (TPSA) is 61.3 Å². The van der Waals surface area contributed by atoms with E-state index in [2.05, 4.69) is 9.97 Å². The summed E-state index contributed by atoms with van der Waals surface area (Å²) in [7, 11) is 0. The molecule has 108 valence electrons. The first-order chi connectivity index (χ1) is 10.8. The summed E-state index contributed by atoms with van der Waals surface area (Å²) in [5.41, 5.74) is 1.67. The molecular weight excluding hydrogens is 280 g/mol. The molecule has 0 N–H and O–H groups in total. The van der Waals surface area contributed by atoms with Gasteiger partial charge in [0.1, 0.15) is 0 Å². The number of hydrogen-bond donors (Lipinski definition) is 0. The predicted molar refractivity (Wildman–Crippen MR) is 80.0 cm³/mol. The SMILES string of the molecule is O=C(OOc1ccccc1)c1ncccc1-c1ccncc1. The van der Waals surface area contributed by atoms with Crippen LogP contribution in [0.15, 0.2) is 73.2 Å². The second kappa shape index (κ2) is 6.49. The van der Waals surface area contributed by atoms with E-state index in [-0.39, 0.29) is 5.69 Å². The van der Waals surface area contributed by atoms with Gasteiger partial charge in [-0.05, 0) is 35.9 Å².